The monoisotopic (exact) mass is 262 g/mol. The molecule has 6 nitrogen and oxygen atoms in total. The van der Waals surface area contributed by atoms with Crippen molar-refractivity contribution in [3.63, 3.8) is 0 Å². The molecule has 0 heterocycles. The van der Waals surface area contributed by atoms with Gasteiger partial charge in [0.2, 0.25) is 0 Å². The minimum atomic E-state index is -0.513. The van der Waals surface area contributed by atoms with E-state index in [0.29, 0.717) is 24.8 Å². The highest BCUT2D eigenvalue weighted by atomic mass is 16.5. The number of benzene rings is 1. The number of nitrogens with two attached hydrogens (primary N) is 2. The minimum Gasteiger partial charge on any atom is -0.484 e. The lowest BCUT2D eigenvalue weighted by Crippen LogP contribution is -2.31. The molecule has 0 fully saturated rings. The van der Waals surface area contributed by atoms with E-state index in [4.69, 9.17) is 16.2 Å². The summed E-state index contributed by atoms with van der Waals surface area (Å²) in [6, 6.07) is 7.23. The van der Waals surface area contributed by atoms with Gasteiger partial charge in [-0.1, -0.05) is 18.2 Å². The number of aliphatic imine (C=N–C) groups is 1. The van der Waals surface area contributed by atoms with Crippen LogP contribution in [0.1, 0.15) is 5.56 Å². The molecule has 0 saturated carbocycles. The van der Waals surface area contributed by atoms with Gasteiger partial charge in [0.05, 0.1) is 6.54 Å². The zero-order valence-corrected chi connectivity index (χ0v) is 10.6. The van der Waals surface area contributed by atoms with Crippen LogP contribution in [-0.2, 0) is 11.3 Å². The first-order valence-corrected chi connectivity index (χ1v) is 5.76. The Labute approximate surface area is 112 Å². The number of nitrogens with zero attached hydrogens (tertiary/aromatic N) is 1. The molecule has 102 valence electrons. The lowest BCUT2D eigenvalue weighted by molar-refractivity contribution is -0.119. The van der Waals surface area contributed by atoms with Crippen LogP contribution in [0.2, 0.25) is 0 Å². The van der Waals surface area contributed by atoms with Crippen molar-refractivity contribution in [2.75, 3.05) is 13.2 Å². The SMILES string of the molecule is C=CCNC(N)=NCc1cccc(OCC(N)=O)c1. The number of ether oxygens (including phenoxy) is 1. The second-order valence-corrected chi connectivity index (χ2v) is 3.77. The number of guanidine groups is 1. The molecule has 0 bridgehead atoms. The molecule has 5 N–H and O–H groups in total. The molecule has 0 aliphatic heterocycles. The van der Waals surface area contributed by atoms with Gasteiger partial charge in [-0.2, -0.15) is 0 Å². The highest BCUT2D eigenvalue weighted by molar-refractivity contribution is 5.78. The van der Waals surface area contributed by atoms with Crippen LogP contribution in [0, 0.1) is 0 Å². The fourth-order valence-electron chi connectivity index (χ4n) is 1.30. The summed E-state index contributed by atoms with van der Waals surface area (Å²) in [7, 11) is 0. The van der Waals surface area contributed by atoms with Crippen LogP contribution in [0.15, 0.2) is 41.9 Å². The van der Waals surface area contributed by atoms with Crippen molar-refractivity contribution in [3.05, 3.63) is 42.5 Å². The maximum atomic E-state index is 10.6. The summed E-state index contributed by atoms with van der Waals surface area (Å²) in [5, 5.41) is 2.87. The third-order valence-corrected chi connectivity index (χ3v) is 2.14. The number of primary amides is 1. The number of hydrogen-bond donors (Lipinski definition) is 3. The summed E-state index contributed by atoms with van der Waals surface area (Å²) in [4.78, 5) is 14.8. The number of carbonyl (C=O) groups excluding carboxylic acids is 1. The molecule has 0 spiro atoms. The smallest absolute Gasteiger partial charge is 0.255 e. The molecule has 1 amide bonds. The molecule has 6 heteroatoms. The summed E-state index contributed by atoms with van der Waals surface area (Å²) >= 11 is 0. The largest absolute Gasteiger partial charge is 0.484 e. The van der Waals surface area contributed by atoms with Crippen LogP contribution < -0.4 is 21.5 Å². The average Bonchev–Trinajstić information content (AvgIpc) is 2.41. The Hall–Kier alpha value is -2.50. The van der Waals surface area contributed by atoms with E-state index in [1.165, 1.54) is 0 Å². The molecule has 19 heavy (non-hydrogen) atoms. The van der Waals surface area contributed by atoms with Gasteiger partial charge >= 0.3 is 0 Å². The van der Waals surface area contributed by atoms with Crippen molar-refractivity contribution < 1.29 is 9.53 Å². The van der Waals surface area contributed by atoms with Crippen molar-refractivity contribution in [2.45, 2.75) is 6.54 Å². The molecule has 0 aliphatic rings. The normalized spacial score (nSPS) is 10.8. The van der Waals surface area contributed by atoms with Gasteiger partial charge in [-0.25, -0.2) is 4.99 Å². The Balaban J connectivity index is 2.56. The van der Waals surface area contributed by atoms with Crippen LogP contribution in [0.5, 0.6) is 5.75 Å². The topological polar surface area (TPSA) is 103 Å². The molecule has 1 aromatic carbocycles. The van der Waals surface area contributed by atoms with Gasteiger partial charge in [0, 0.05) is 6.54 Å². The van der Waals surface area contributed by atoms with Crippen molar-refractivity contribution in [1.29, 1.82) is 0 Å². The van der Waals surface area contributed by atoms with Crippen LogP contribution in [0.3, 0.4) is 0 Å². The van der Waals surface area contributed by atoms with E-state index >= 15 is 0 Å². The van der Waals surface area contributed by atoms with Crippen LogP contribution in [0.4, 0.5) is 0 Å². The molecular weight excluding hydrogens is 244 g/mol. The maximum Gasteiger partial charge on any atom is 0.255 e. The Bertz CT molecular complexity index is 471. The maximum absolute atomic E-state index is 10.6. The number of amides is 1. The predicted molar refractivity (Wildman–Crippen MR) is 74.7 cm³/mol. The van der Waals surface area contributed by atoms with Gasteiger partial charge in [-0.3, -0.25) is 4.79 Å². The molecule has 0 radical (unpaired) electrons. The quantitative estimate of drug-likeness (QED) is 0.369. The molecule has 0 aromatic heterocycles. The minimum absolute atomic E-state index is 0.143. The summed E-state index contributed by atoms with van der Waals surface area (Å²) in [6.45, 7) is 4.41. The number of carbonyl (C=O) groups is 1. The third-order valence-electron chi connectivity index (χ3n) is 2.14. The lowest BCUT2D eigenvalue weighted by Gasteiger charge is -2.06. The Morgan fingerprint density at radius 2 is 2.26 bits per heavy atom. The van der Waals surface area contributed by atoms with Gasteiger partial charge in [0.25, 0.3) is 5.91 Å². The zero-order chi connectivity index (χ0) is 14.1. The van der Waals surface area contributed by atoms with Crippen molar-refractivity contribution in [1.82, 2.24) is 5.32 Å². The summed E-state index contributed by atoms with van der Waals surface area (Å²) < 4.78 is 5.20. The van der Waals surface area contributed by atoms with E-state index in [1.54, 1.807) is 18.2 Å². The van der Waals surface area contributed by atoms with Gasteiger partial charge in [0.1, 0.15) is 5.75 Å². The number of rotatable bonds is 7. The molecule has 0 atom stereocenters. The Morgan fingerprint density at radius 3 is 2.95 bits per heavy atom. The molecule has 0 saturated heterocycles. The van der Waals surface area contributed by atoms with E-state index in [9.17, 15) is 4.79 Å². The van der Waals surface area contributed by atoms with Gasteiger partial charge < -0.3 is 21.5 Å². The molecule has 0 aliphatic carbocycles. The third kappa shape index (κ3) is 6.11. The fraction of sp³-hybridized carbons (Fsp3) is 0.231. The Morgan fingerprint density at radius 1 is 1.47 bits per heavy atom. The number of hydrogen-bond acceptors (Lipinski definition) is 3. The molecule has 0 unspecified atom stereocenters. The van der Waals surface area contributed by atoms with Crippen molar-refractivity contribution >= 4 is 11.9 Å². The summed E-state index contributed by atoms with van der Waals surface area (Å²) in [5.41, 5.74) is 11.6. The molecular formula is C13H18N4O2. The summed E-state index contributed by atoms with van der Waals surface area (Å²) in [5.74, 6) is 0.411. The molecule has 1 aromatic rings. The van der Waals surface area contributed by atoms with Crippen molar-refractivity contribution in [2.24, 2.45) is 16.5 Å². The predicted octanol–water partition coefficient (Wildman–Crippen LogP) is 0.141. The van der Waals surface area contributed by atoms with Crippen LogP contribution >= 0.6 is 0 Å². The van der Waals surface area contributed by atoms with Crippen molar-refractivity contribution in [3.8, 4) is 5.75 Å². The molecule has 1 rings (SSSR count). The Kier molecular flexibility index (Phi) is 5.94. The second kappa shape index (κ2) is 7.75. The van der Waals surface area contributed by atoms with Crippen LogP contribution in [-0.4, -0.2) is 25.0 Å². The van der Waals surface area contributed by atoms with Gasteiger partial charge in [-0.05, 0) is 17.7 Å². The van der Waals surface area contributed by atoms with Crippen LogP contribution in [0.25, 0.3) is 0 Å². The first-order valence-electron chi connectivity index (χ1n) is 5.76. The second-order valence-electron chi connectivity index (χ2n) is 3.77. The average molecular weight is 262 g/mol. The highest BCUT2D eigenvalue weighted by Gasteiger charge is 1.99. The fourth-order valence-corrected chi connectivity index (χ4v) is 1.30. The van der Waals surface area contributed by atoms with E-state index < -0.39 is 5.91 Å². The van der Waals surface area contributed by atoms with E-state index in [0.717, 1.165) is 5.56 Å². The van der Waals surface area contributed by atoms with Gasteiger partial charge in [0.15, 0.2) is 12.6 Å². The lowest BCUT2D eigenvalue weighted by atomic mass is 10.2. The highest BCUT2D eigenvalue weighted by Crippen LogP contribution is 2.13. The van der Waals surface area contributed by atoms with E-state index in [2.05, 4.69) is 16.9 Å². The summed E-state index contributed by atoms with van der Waals surface area (Å²) in [6.07, 6.45) is 1.70. The first kappa shape index (κ1) is 14.6. The first-order chi connectivity index (χ1) is 9.11. The number of nitrogens with one attached hydrogen (secondary N) is 1. The zero-order valence-electron chi connectivity index (χ0n) is 10.6. The van der Waals surface area contributed by atoms with Gasteiger partial charge in [-0.15, -0.1) is 6.58 Å². The van der Waals surface area contributed by atoms with E-state index in [1.807, 2.05) is 12.1 Å². The standard InChI is InChI=1S/C13H18N4O2/c1-2-6-16-13(15)17-8-10-4-3-5-11(7-10)19-9-12(14)18/h2-5,7H,1,6,8-9H2,(H2,14,18)(H3,15,16,17). The van der Waals surface area contributed by atoms with E-state index in [-0.39, 0.29) is 6.61 Å².